The van der Waals surface area contributed by atoms with E-state index >= 15 is 0 Å². The fourth-order valence-corrected chi connectivity index (χ4v) is 6.17. The van der Waals surface area contributed by atoms with Gasteiger partial charge in [-0.3, -0.25) is 9.59 Å². The molecule has 2 fully saturated rings. The van der Waals surface area contributed by atoms with Crippen LogP contribution in [0.15, 0.2) is 6.07 Å². The maximum absolute atomic E-state index is 13.0. The number of carbonyl (C=O) groups is 2. The van der Waals surface area contributed by atoms with Crippen molar-refractivity contribution in [3.05, 3.63) is 21.4 Å². The average molecular weight is 391 g/mol. The van der Waals surface area contributed by atoms with E-state index in [2.05, 4.69) is 18.3 Å². The summed E-state index contributed by atoms with van der Waals surface area (Å²) in [6.45, 7) is 5.96. The molecule has 5 nitrogen and oxygen atoms in total. The Morgan fingerprint density at radius 2 is 1.93 bits per heavy atom. The normalized spacial score (nSPS) is 23.3. The lowest BCUT2D eigenvalue weighted by atomic mass is 9.82. The predicted octanol–water partition coefficient (Wildman–Crippen LogP) is 3.61. The molecule has 1 aromatic rings. The number of amides is 2. The molecule has 6 heteroatoms. The second-order valence-electron chi connectivity index (χ2n) is 8.34. The van der Waals surface area contributed by atoms with Crippen LogP contribution in [0.4, 0.5) is 0 Å². The molecule has 0 radical (unpaired) electrons. The van der Waals surface area contributed by atoms with E-state index in [9.17, 15) is 9.59 Å². The molecule has 0 aromatic carbocycles. The molecule has 0 unspecified atom stereocenters. The highest BCUT2D eigenvalue weighted by Crippen LogP contribution is 2.45. The molecule has 3 aliphatic rings. The summed E-state index contributed by atoms with van der Waals surface area (Å²) in [6, 6.07) is 2.08. The average Bonchev–Trinajstić information content (AvgIpc) is 3.30. The van der Waals surface area contributed by atoms with E-state index in [-0.39, 0.29) is 23.0 Å². The van der Waals surface area contributed by atoms with E-state index in [0.717, 1.165) is 56.5 Å². The Labute approximate surface area is 165 Å². The van der Waals surface area contributed by atoms with E-state index < -0.39 is 0 Å². The molecule has 1 spiro atoms. The Kier molecular flexibility index (Phi) is 5.06. The summed E-state index contributed by atoms with van der Waals surface area (Å²) in [5.41, 5.74) is 0.872. The number of carbonyl (C=O) groups excluding carboxylic acids is 2. The van der Waals surface area contributed by atoms with Gasteiger partial charge in [0.2, 0.25) is 5.91 Å². The number of hydrogen-bond acceptors (Lipinski definition) is 4. The molecule has 3 heterocycles. The highest BCUT2D eigenvalue weighted by Gasteiger charge is 2.43. The fraction of sp³-hybridized carbons (Fsp3) is 0.714. The minimum Gasteiger partial charge on any atom is -0.370 e. The largest absolute Gasteiger partial charge is 0.370 e. The number of nitrogens with zero attached hydrogens (tertiary/aromatic N) is 1. The van der Waals surface area contributed by atoms with Crippen LogP contribution in [0.1, 0.15) is 78.9 Å². The van der Waals surface area contributed by atoms with Crippen LogP contribution in [0.3, 0.4) is 0 Å². The lowest BCUT2D eigenvalue weighted by molar-refractivity contribution is -0.138. The van der Waals surface area contributed by atoms with E-state index in [1.807, 2.05) is 4.90 Å². The van der Waals surface area contributed by atoms with Crippen LogP contribution in [0.5, 0.6) is 0 Å². The second-order valence-corrected chi connectivity index (χ2v) is 9.48. The minimum absolute atomic E-state index is 0.0113. The maximum Gasteiger partial charge on any atom is 0.261 e. The number of fused-ring (bicyclic) bond motifs is 2. The van der Waals surface area contributed by atoms with Crippen LogP contribution in [0.2, 0.25) is 0 Å². The summed E-state index contributed by atoms with van der Waals surface area (Å²) < 4.78 is 6.27. The molecule has 1 aliphatic carbocycles. The number of ether oxygens (including phenoxy) is 1. The number of hydrogen-bond donors (Lipinski definition) is 1. The summed E-state index contributed by atoms with van der Waals surface area (Å²) in [6.07, 6.45) is 8.11. The Morgan fingerprint density at radius 3 is 2.56 bits per heavy atom. The van der Waals surface area contributed by atoms with Gasteiger partial charge in [-0.15, -0.1) is 11.3 Å². The number of thiophene rings is 1. The first-order valence-corrected chi connectivity index (χ1v) is 11.1. The molecular formula is C21H30N2O3S. The topological polar surface area (TPSA) is 58.6 Å². The van der Waals surface area contributed by atoms with Crippen molar-refractivity contribution >= 4 is 23.2 Å². The minimum atomic E-state index is -0.315. The van der Waals surface area contributed by atoms with E-state index in [1.54, 1.807) is 18.3 Å². The summed E-state index contributed by atoms with van der Waals surface area (Å²) in [7, 11) is 0. The van der Waals surface area contributed by atoms with Crippen molar-refractivity contribution in [1.82, 2.24) is 10.2 Å². The first-order chi connectivity index (χ1) is 13.0. The smallest absolute Gasteiger partial charge is 0.261 e. The third-order valence-corrected chi connectivity index (χ3v) is 8.06. The number of piperidine rings is 1. The Morgan fingerprint density at radius 1 is 1.22 bits per heavy atom. The summed E-state index contributed by atoms with van der Waals surface area (Å²) in [4.78, 5) is 28.7. The molecule has 1 saturated carbocycles. The van der Waals surface area contributed by atoms with Gasteiger partial charge in [0.05, 0.1) is 17.1 Å². The summed E-state index contributed by atoms with van der Waals surface area (Å²) in [5, 5.41) is 3.36. The standard InChI is InChI=1S/C21H30N2O3S/c1-3-20(7-4-5-8-20)22-19(25)18-14-16-17(27-18)6-13-26-21(16)9-11-23(12-10-21)15(2)24/h14H,3-13H2,1-2H3,(H,22,25). The van der Waals surface area contributed by atoms with Gasteiger partial charge < -0.3 is 15.0 Å². The van der Waals surface area contributed by atoms with Crippen molar-refractivity contribution in [3.63, 3.8) is 0 Å². The molecule has 4 rings (SSSR count). The predicted molar refractivity (Wildman–Crippen MR) is 106 cm³/mol. The van der Waals surface area contributed by atoms with Crippen LogP contribution in [-0.2, 0) is 21.6 Å². The van der Waals surface area contributed by atoms with Gasteiger partial charge in [0.15, 0.2) is 0 Å². The zero-order valence-corrected chi connectivity index (χ0v) is 17.3. The van der Waals surface area contributed by atoms with E-state index in [0.29, 0.717) is 6.61 Å². The van der Waals surface area contributed by atoms with Gasteiger partial charge in [-0.1, -0.05) is 19.8 Å². The molecular weight excluding hydrogens is 360 g/mol. The zero-order valence-electron chi connectivity index (χ0n) is 16.4. The van der Waals surface area contributed by atoms with Crippen LogP contribution >= 0.6 is 11.3 Å². The highest BCUT2D eigenvalue weighted by atomic mass is 32.1. The lowest BCUT2D eigenvalue weighted by Crippen LogP contribution is -2.47. The molecule has 0 bridgehead atoms. The third-order valence-electron chi connectivity index (χ3n) is 6.86. The van der Waals surface area contributed by atoms with Crippen molar-refractivity contribution in [2.45, 2.75) is 76.4 Å². The molecule has 27 heavy (non-hydrogen) atoms. The van der Waals surface area contributed by atoms with Gasteiger partial charge in [0, 0.05) is 36.9 Å². The molecule has 148 valence electrons. The molecule has 1 N–H and O–H groups in total. The van der Waals surface area contributed by atoms with E-state index in [1.165, 1.54) is 23.3 Å². The van der Waals surface area contributed by atoms with Crippen LogP contribution in [0.25, 0.3) is 0 Å². The maximum atomic E-state index is 13.0. The van der Waals surface area contributed by atoms with Gasteiger partial charge in [0.1, 0.15) is 0 Å². The van der Waals surface area contributed by atoms with Gasteiger partial charge in [-0.05, 0) is 43.7 Å². The molecule has 0 atom stereocenters. The molecule has 1 saturated heterocycles. The van der Waals surface area contributed by atoms with Crippen LogP contribution < -0.4 is 5.32 Å². The fourth-order valence-electron chi connectivity index (χ4n) is 5.05. The second kappa shape index (κ2) is 7.21. The lowest BCUT2D eigenvalue weighted by Gasteiger charge is -2.43. The van der Waals surface area contributed by atoms with Crippen LogP contribution in [0, 0.1) is 0 Å². The van der Waals surface area contributed by atoms with Crippen LogP contribution in [-0.4, -0.2) is 41.9 Å². The van der Waals surface area contributed by atoms with Crippen molar-refractivity contribution < 1.29 is 14.3 Å². The zero-order chi connectivity index (χ0) is 19.1. The van der Waals surface area contributed by atoms with E-state index in [4.69, 9.17) is 4.74 Å². The number of nitrogens with one attached hydrogen (secondary N) is 1. The molecule has 2 amide bonds. The molecule has 2 aliphatic heterocycles. The quantitative estimate of drug-likeness (QED) is 0.858. The Hall–Kier alpha value is -1.40. The molecule has 1 aromatic heterocycles. The van der Waals surface area contributed by atoms with Gasteiger partial charge in [-0.25, -0.2) is 0 Å². The van der Waals surface area contributed by atoms with Crippen molar-refractivity contribution in [2.75, 3.05) is 19.7 Å². The Bertz CT molecular complexity index is 728. The number of rotatable bonds is 3. The van der Waals surface area contributed by atoms with Gasteiger partial charge in [-0.2, -0.15) is 0 Å². The SMILES string of the molecule is CCC1(NC(=O)c2cc3c(s2)CCOC32CCN(C(C)=O)CC2)CCCC1. The van der Waals surface area contributed by atoms with Crippen molar-refractivity contribution in [2.24, 2.45) is 0 Å². The van der Waals surface area contributed by atoms with Gasteiger partial charge in [0.25, 0.3) is 5.91 Å². The Balaban J connectivity index is 1.54. The van der Waals surface area contributed by atoms with Gasteiger partial charge >= 0.3 is 0 Å². The highest BCUT2D eigenvalue weighted by molar-refractivity contribution is 7.14. The third kappa shape index (κ3) is 3.42. The summed E-state index contributed by atoms with van der Waals surface area (Å²) >= 11 is 1.64. The van der Waals surface area contributed by atoms with Crippen molar-refractivity contribution in [3.8, 4) is 0 Å². The number of likely N-dealkylation sites (tertiary alicyclic amines) is 1. The summed E-state index contributed by atoms with van der Waals surface area (Å²) in [5.74, 6) is 0.210. The van der Waals surface area contributed by atoms with Crippen molar-refractivity contribution in [1.29, 1.82) is 0 Å². The first-order valence-electron chi connectivity index (χ1n) is 10.3. The first kappa shape index (κ1) is 18.9. The monoisotopic (exact) mass is 390 g/mol.